The second kappa shape index (κ2) is 6.39. The van der Waals surface area contributed by atoms with Crippen molar-refractivity contribution < 1.29 is 9.59 Å². The van der Waals surface area contributed by atoms with Crippen LogP contribution in [0, 0.1) is 0 Å². The highest BCUT2D eigenvalue weighted by molar-refractivity contribution is 9.10. The van der Waals surface area contributed by atoms with Crippen LogP contribution in [0.4, 0.5) is 4.79 Å². The maximum Gasteiger partial charge on any atom is 0.309 e. The number of amides is 2. The fraction of sp³-hybridized carbons (Fsp3) is 0. The fourth-order valence-electron chi connectivity index (χ4n) is 0.611. The van der Waals surface area contributed by atoms with E-state index >= 15 is 0 Å². The van der Waals surface area contributed by atoms with Crippen LogP contribution in [0.3, 0.4) is 0 Å². The van der Waals surface area contributed by atoms with E-state index in [1.165, 1.54) is 0 Å². The first-order valence-electron chi connectivity index (χ1n) is 3.43. The van der Waals surface area contributed by atoms with E-state index in [1.54, 1.807) is 18.2 Å². The van der Waals surface area contributed by atoms with Crippen molar-refractivity contribution in [2.75, 3.05) is 0 Å². The molecular weight excluding hydrogens is 271 g/mol. The monoisotopic (exact) mass is 278 g/mol. The number of benzene rings is 1. The number of nitrogens with two attached hydrogens (primary N) is 2. The van der Waals surface area contributed by atoms with Crippen LogP contribution in [-0.4, -0.2) is 12.3 Å². The molecule has 0 aliphatic heterocycles. The molecule has 0 heterocycles. The average molecular weight is 280 g/mol. The Morgan fingerprint density at radius 1 is 1.43 bits per heavy atom. The Morgan fingerprint density at radius 2 is 1.93 bits per heavy atom. The average Bonchev–Trinajstić information content (AvgIpc) is 2.09. The molecule has 0 unspecified atom stereocenters. The van der Waals surface area contributed by atoms with Gasteiger partial charge in [0.1, 0.15) is 0 Å². The highest BCUT2D eigenvalue weighted by atomic mass is 79.9. The fourth-order valence-corrected chi connectivity index (χ4v) is 1.15. The van der Waals surface area contributed by atoms with Gasteiger partial charge in [-0.3, -0.25) is 4.79 Å². The highest BCUT2D eigenvalue weighted by Gasteiger charge is 2.00. The maximum absolute atomic E-state index is 10.3. The lowest BCUT2D eigenvalue weighted by molar-refractivity contribution is 0.112. The van der Waals surface area contributed by atoms with Crippen LogP contribution in [-0.2, 0) is 0 Å². The molecule has 1 rings (SSSR count). The van der Waals surface area contributed by atoms with E-state index in [4.69, 9.17) is 16.4 Å². The Labute approximate surface area is 94.3 Å². The summed E-state index contributed by atoms with van der Waals surface area (Å²) in [6, 6.07) is 4.32. The smallest absolute Gasteiger partial charge is 0.309 e. The lowest BCUT2D eigenvalue weighted by atomic mass is 10.2. The number of carbonyl (C=O) groups excluding carboxylic acids is 2. The van der Waals surface area contributed by atoms with Crippen LogP contribution in [0.25, 0.3) is 0 Å². The first-order valence-corrected chi connectivity index (χ1v) is 4.60. The van der Waals surface area contributed by atoms with Gasteiger partial charge >= 0.3 is 6.03 Å². The van der Waals surface area contributed by atoms with Crippen molar-refractivity contribution in [3.05, 3.63) is 33.3 Å². The number of primary amides is 2. The maximum atomic E-state index is 10.3. The van der Waals surface area contributed by atoms with E-state index in [9.17, 15) is 4.79 Å². The molecule has 1 aromatic rings. The summed E-state index contributed by atoms with van der Waals surface area (Å²) in [5.74, 6) is 0. The summed E-state index contributed by atoms with van der Waals surface area (Å²) < 4.78 is 0.659. The summed E-state index contributed by atoms with van der Waals surface area (Å²) in [6.07, 6.45) is 0.760. The lowest BCUT2D eigenvalue weighted by Crippen LogP contribution is -2.18. The van der Waals surface area contributed by atoms with Gasteiger partial charge in [0.05, 0.1) is 5.02 Å². The molecule has 0 aliphatic rings. The molecule has 0 saturated carbocycles. The predicted octanol–water partition coefficient (Wildman–Crippen LogP) is 1.94. The Bertz CT molecular complexity index is 340. The van der Waals surface area contributed by atoms with Gasteiger partial charge in [-0.15, -0.1) is 0 Å². The molecule has 0 aliphatic carbocycles. The van der Waals surface area contributed by atoms with E-state index in [0.717, 1.165) is 6.29 Å². The lowest BCUT2D eigenvalue weighted by Gasteiger charge is -1.95. The normalized spacial score (nSPS) is 8.43. The highest BCUT2D eigenvalue weighted by Crippen LogP contribution is 2.24. The van der Waals surface area contributed by atoms with E-state index < -0.39 is 6.03 Å². The molecule has 0 radical (unpaired) electrons. The molecule has 0 aromatic heterocycles. The molecule has 0 fully saturated rings. The van der Waals surface area contributed by atoms with E-state index in [1.807, 2.05) is 0 Å². The molecular formula is C8H8BrClN2O2. The first-order chi connectivity index (χ1) is 6.49. The van der Waals surface area contributed by atoms with Gasteiger partial charge in [-0.05, 0) is 22.0 Å². The van der Waals surface area contributed by atoms with Crippen molar-refractivity contribution in [2.45, 2.75) is 0 Å². The number of carbonyl (C=O) groups is 2. The second-order valence-electron chi connectivity index (χ2n) is 2.16. The zero-order valence-electron chi connectivity index (χ0n) is 7.04. The molecule has 2 amide bonds. The van der Waals surface area contributed by atoms with Crippen molar-refractivity contribution in [1.29, 1.82) is 0 Å². The van der Waals surface area contributed by atoms with Crippen molar-refractivity contribution in [1.82, 2.24) is 0 Å². The summed E-state index contributed by atoms with van der Waals surface area (Å²) in [5, 5.41) is 0.560. The number of rotatable bonds is 1. The number of aldehydes is 1. The van der Waals surface area contributed by atoms with Gasteiger partial charge < -0.3 is 11.5 Å². The minimum Gasteiger partial charge on any atom is -0.352 e. The van der Waals surface area contributed by atoms with Crippen LogP contribution >= 0.6 is 27.5 Å². The van der Waals surface area contributed by atoms with Crippen LogP contribution in [0.15, 0.2) is 22.7 Å². The molecule has 0 bridgehead atoms. The standard InChI is InChI=1S/C7H4BrClO.CH4N2O/c8-7-5(4-10)2-1-3-6(7)9;2-1(3)4/h1-4H;(H4,2,3,4). The third kappa shape index (κ3) is 4.84. The summed E-state index contributed by atoms with van der Waals surface area (Å²) in [7, 11) is 0. The van der Waals surface area contributed by atoms with Gasteiger partial charge in [-0.2, -0.15) is 0 Å². The molecule has 0 atom stereocenters. The summed E-state index contributed by atoms with van der Waals surface area (Å²) in [6.45, 7) is 0. The van der Waals surface area contributed by atoms with Crippen molar-refractivity contribution in [3.63, 3.8) is 0 Å². The van der Waals surface area contributed by atoms with Crippen molar-refractivity contribution in [3.8, 4) is 0 Å². The quantitative estimate of drug-likeness (QED) is 0.770. The number of hydrogen-bond donors (Lipinski definition) is 2. The van der Waals surface area contributed by atoms with Gasteiger partial charge in [-0.25, -0.2) is 4.79 Å². The summed E-state index contributed by atoms with van der Waals surface area (Å²) in [5.41, 5.74) is 9.08. The zero-order chi connectivity index (χ0) is 11.1. The molecule has 14 heavy (non-hydrogen) atoms. The molecule has 6 heteroatoms. The Balaban J connectivity index is 0.000000364. The second-order valence-corrected chi connectivity index (χ2v) is 3.36. The molecule has 1 aromatic carbocycles. The van der Waals surface area contributed by atoms with E-state index in [0.29, 0.717) is 15.1 Å². The Hall–Kier alpha value is -1.07. The van der Waals surface area contributed by atoms with Gasteiger partial charge in [0.25, 0.3) is 0 Å². The van der Waals surface area contributed by atoms with Crippen molar-refractivity contribution in [2.24, 2.45) is 11.5 Å². The molecule has 4 N–H and O–H groups in total. The summed E-state index contributed by atoms with van der Waals surface area (Å²) >= 11 is 8.86. The van der Waals surface area contributed by atoms with Gasteiger partial charge in [0.2, 0.25) is 0 Å². The van der Waals surface area contributed by atoms with Crippen LogP contribution in [0.5, 0.6) is 0 Å². The minimum absolute atomic E-state index is 0.560. The van der Waals surface area contributed by atoms with Gasteiger partial charge in [0.15, 0.2) is 6.29 Å². The molecule has 76 valence electrons. The van der Waals surface area contributed by atoms with Gasteiger partial charge in [0, 0.05) is 10.0 Å². The topological polar surface area (TPSA) is 86.2 Å². The first kappa shape index (κ1) is 12.9. The largest absolute Gasteiger partial charge is 0.352 e. The number of urea groups is 1. The van der Waals surface area contributed by atoms with E-state index in [2.05, 4.69) is 27.4 Å². The summed E-state index contributed by atoms with van der Waals surface area (Å²) in [4.78, 5) is 19.3. The molecule has 0 saturated heterocycles. The third-order valence-electron chi connectivity index (χ3n) is 1.11. The van der Waals surface area contributed by atoms with Crippen molar-refractivity contribution >= 4 is 39.8 Å². The number of hydrogen-bond acceptors (Lipinski definition) is 2. The van der Waals surface area contributed by atoms with Crippen LogP contribution in [0.1, 0.15) is 10.4 Å². The minimum atomic E-state index is -0.833. The third-order valence-corrected chi connectivity index (χ3v) is 2.54. The number of halogens is 2. The van der Waals surface area contributed by atoms with Gasteiger partial charge in [-0.1, -0.05) is 23.7 Å². The SMILES string of the molecule is NC(N)=O.O=Cc1cccc(Cl)c1Br. The molecule has 4 nitrogen and oxygen atoms in total. The van der Waals surface area contributed by atoms with Crippen LogP contribution < -0.4 is 11.5 Å². The molecule has 0 spiro atoms. The van der Waals surface area contributed by atoms with E-state index in [-0.39, 0.29) is 0 Å². The zero-order valence-corrected chi connectivity index (χ0v) is 9.38. The Morgan fingerprint density at radius 3 is 2.29 bits per heavy atom. The Kier molecular flexibility index (Phi) is 5.91. The predicted molar refractivity (Wildman–Crippen MR) is 58.3 cm³/mol. The van der Waals surface area contributed by atoms with Crippen LogP contribution in [0.2, 0.25) is 5.02 Å².